The maximum atomic E-state index is 12.7. The third-order valence-electron chi connectivity index (χ3n) is 5.33. The molecule has 1 N–H and O–H groups in total. The van der Waals surface area contributed by atoms with E-state index in [0.29, 0.717) is 17.0 Å². The van der Waals surface area contributed by atoms with Crippen molar-refractivity contribution in [3.05, 3.63) is 27.7 Å². The molecule has 0 bridgehead atoms. The number of nitrogens with one attached hydrogen (secondary N) is 1. The van der Waals surface area contributed by atoms with Crippen LogP contribution in [-0.2, 0) is 19.1 Å². The molecule has 9 nitrogen and oxygen atoms in total. The zero-order chi connectivity index (χ0) is 26.7. The lowest BCUT2D eigenvalue weighted by molar-refractivity contribution is -0.148. The second kappa shape index (κ2) is 14.4. The van der Waals surface area contributed by atoms with Gasteiger partial charge in [-0.1, -0.05) is 33.8 Å². The van der Waals surface area contributed by atoms with Gasteiger partial charge in [0.2, 0.25) is 5.91 Å². The maximum Gasteiger partial charge on any atom is 0.303 e. The first-order chi connectivity index (χ1) is 16.4. The van der Waals surface area contributed by atoms with Crippen LogP contribution in [0.3, 0.4) is 0 Å². The van der Waals surface area contributed by atoms with E-state index in [1.807, 2.05) is 33.9 Å². The van der Waals surface area contributed by atoms with Crippen LogP contribution >= 0.6 is 11.3 Å². The number of nitrogens with zero attached hydrogens (tertiary/aromatic N) is 3. The quantitative estimate of drug-likeness (QED) is 0.185. The highest BCUT2D eigenvalue weighted by molar-refractivity contribution is 7.09. The van der Waals surface area contributed by atoms with Crippen molar-refractivity contribution in [3.63, 3.8) is 0 Å². The lowest BCUT2D eigenvalue weighted by Gasteiger charge is -2.31. The molecule has 1 rings (SSSR count). The van der Waals surface area contributed by atoms with Gasteiger partial charge in [0.15, 0.2) is 18.1 Å². The van der Waals surface area contributed by atoms with Crippen LogP contribution in [0, 0.1) is 23.3 Å². The first kappa shape index (κ1) is 30.0. The Morgan fingerprint density at radius 1 is 1.23 bits per heavy atom. The Hall–Kier alpha value is -3.06. The molecule has 0 aliphatic carbocycles. The van der Waals surface area contributed by atoms with Crippen molar-refractivity contribution in [3.8, 4) is 6.19 Å². The van der Waals surface area contributed by atoms with E-state index in [2.05, 4.69) is 10.3 Å². The second-order valence-corrected chi connectivity index (χ2v) is 9.94. The van der Waals surface area contributed by atoms with Gasteiger partial charge in [-0.2, -0.15) is 5.26 Å². The van der Waals surface area contributed by atoms with Gasteiger partial charge in [-0.25, -0.2) is 9.88 Å². The normalized spacial score (nSPS) is 13.2. The summed E-state index contributed by atoms with van der Waals surface area (Å²) in [6.45, 7) is 12.4. The number of carbonyl (C=O) groups is 4. The molecule has 0 aliphatic heterocycles. The van der Waals surface area contributed by atoms with E-state index in [1.165, 1.54) is 25.2 Å². The van der Waals surface area contributed by atoms with E-state index in [-0.39, 0.29) is 48.6 Å². The molecule has 0 saturated heterocycles. The number of rotatable bonds is 13. The van der Waals surface area contributed by atoms with Crippen LogP contribution in [0.1, 0.15) is 89.3 Å². The summed E-state index contributed by atoms with van der Waals surface area (Å²) >= 11 is 1.17. The molecule has 0 spiro atoms. The monoisotopic (exact) mass is 504 g/mol. The predicted octanol–water partition coefficient (Wildman–Crippen LogP) is 4.17. The second-order valence-electron chi connectivity index (χ2n) is 9.05. The molecule has 0 aromatic carbocycles. The fraction of sp³-hybridized carbons (Fsp3) is 0.600. The zero-order valence-corrected chi connectivity index (χ0v) is 22.4. The molecular formula is C25H36N4O5S. The average molecular weight is 505 g/mol. The highest BCUT2D eigenvalue weighted by atomic mass is 32.1. The minimum absolute atomic E-state index is 0.0417. The van der Waals surface area contributed by atoms with Crippen LogP contribution < -0.4 is 5.32 Å². The summed E-state index contributed by atoms with van der Waals surface area (Å²) in [5, 5.41) is 14.4. The van der Waals surface area contributed by atoms with E-state index in [4.69, 9.17) is 4.74 Å². The number of Topliss-reactive ketones (excluding diaryl/α,β-unsaturated/α-hetero) is 1. The number of esters is 1. The number of hydrogen-bond donors (Lipinski definition) is 1. The smallest absolute Gasteiger partial charge is 0.303 e. The lowest BCUT2D eigenvalue weighted by Crippen LogP contribution is -2.41. The van der Waals surface area contributed by atoms with E-state index in [0.717, 1.165) is 4.90 Å². The van der Waals surface area contributed by atoms with Gasteiger partial charge in [0, 0.05) is 31.7 Å². The van der Waals surface area contributed by atoms with Gasteiger partial charge in [-0.05, 0) is 37.7 Å². The van der Waals surface area contributed by atoms with Crippen molar-refractivity contribution in [2.45, 2.75) is 79.9 Å². The number of hydrogen-bond acceptors (Lipinski definition) is 8. The summed E-state index contributed by atoms with van der Waals surface area (Å²) in [6, 6.07) is -0.511. The Morgan fingerprint density at radius 2 is 1.89 bits per heavy atom. The van der Waals surface area contributed by atoms with E-state index >= 15 is 0 Å². The van der Waals surface area contributed by atoms with Gasteiger partial charge < -0.3 is 10.1 Å². The third-order valence-corrected chi connectivity index (χ3v) is 6.27. The van der Waals surface area contributed by atoms with Crippen molar-refractivity contribution in [1.29, 1.82) is 5.26 Å². The van der Waals surface area contributed by atoms with Crippen molar-refractivity contribution >= 4 is 34.9 Å². The Kier molecular flexibility index (Phi) is 12.3. The largest absolute Gasteiger partial charge is 0.455 e. The van der Waals surface area contributed by atoms with Crippen LogP contribution in [0.25, 0.3) is 0 Å². The molecule has 1 aromatic rings. The first-order valence-electron chi connectivity index (χ1n) is 11.7. The Morgan fingerprint density at radius 3 is 2.37 bits per heavy atom. The minimum atomic E-state index is -0.818. The maximum absolute atomic E-state index is 12.7. The molecule has 0 aliphatic rings. The first-order valence-corrected chi connectivity index (χ1v) is 12.6. The molecule has 2 amide bonds. The van der Waals surface area contributed by atoms with E-state index in [9.17, 15) is 24.4 Å². The zero-order valence-electron chi connectivity index (χ0n) is 21.6. The third kappa shape index (κ3) is 9.61. The van der Waals surface area contributed by atoms with Gasteiger partial charge >= 0.3 is 5.97 Å². The van der Waals surface area contributed by atoms with Crippen LogP contribution in [0.15, 0.2) is 17.0 Å². The fourth-order valence-electron chi connectivity index (χ4n) is 3.52. The number of ether oxygens (including phenoxy) is 1. The number of allylic oxidation sites excluding steroid dienone is 1. The summed E-state index contributed by atoms with van der Waals surface area (Å²) in [5.41, 5.74) is 0.800. The van der Waals surface area contributed by atoms with Gasteiger partial charge in [0.1, 0.15) is 10.7 Å². The molecule has 0 saturated carbocycles. The van der Waals surface area contributed by atoms with Gasteiger partial charge in [-0.15, -0.1) is 11.3 Å². The molecule has 192 valence electrons. The standard InChI is InChI=1S/C25H36N4O5S/c1-8-19(17(6)30)9-10-27-24(33)20-13-35-25(28-20)22(34-18(7)31)12-21(16(4)5)29(14-26)23(32)11-15(2)3/h8,13,15-16,21-22H,9-12H2,1-7H3,(H,27,33)/b19-8+. The summed E-state index contributed by atoms with van der Waals surface area (Å²) in [6.07, 6.45) is 3.72. The summed E-state index contributed by atoms with van der Waals surface area (Å²) in [5.74, 6) is -1.26. The average Bonchev–Trinajstić information content (AvgIpc) is 3.24. The number of aromatic nitrogens is 1. The van der Waals surface area contributed by atoms with Gasteiger partial charge in [0.05, 0.1) is 6.04 Å². The van der Waals surface area contributed by atoms with Crippen molar-refractivity contribution in [1.82, 2.24) is 15.2 Å². The van der Waals surface area contributed by atoms with E-state index < -0.39 is 24.0 Å². The molecule has 1 aromatic heterocycles. The van der Waals surface area contributed by atoms with Crippen molar-refractivity contribution < 1.29 is 23.9 Å². The molecule has 2 atom stereocenters. The molecular weight excluding hydrogens is 468 g/mol. The summed E-state index contributed by atoms with van der Waals surface area (Å²) in [7, 11) is 0. The molecule has 10 heteroatoms. The van der Waals surface area contributed by atoms with Crippen LogP contribution in [0.4, 0.5) is 0 Å². The number of thiazole rings is 1. The number of amides is 2. The molecule has 1 heterocycles. The topological polar surface area (TPSA) is 129 Å². The highest BCUT2D eigenvalue weighted by Crippen LogP contribution is 2.31. The van der Waals surface area contributed by atoms with Crippen molar-refractivity contribution in [2.75, 3.05) is 6.54 Å². The number of ketones is 1. The highest BCUT2D eigenvalue weighted by Gasteiger charge is 2.33. The number of nitriles is 1. The SMILES string of the molecule is C/C=C(\CCNC(=O)c1csc(C(CC(C(C)C)N(C#N)C(=O)CC(C)C)OC(C)=O)n1)C(C)=O. The fourth-order valence-corrected chi connectivity index (χ4v) is 4.36. The summed E-state index contributed by atoms with van der Waals surface area (Å²) in [4.78, 5) is 54.1. The van der Waals surface area contributed by atoms with Crippen LogP contribution in [0.2, 0.25) is 0 Å². The Labute approximate surface area is 211 Å². The predicted molar refractivity (Wildman–Crippen MR) is 133 cm³/mol. The molecule has 0 radical (unpaired) electrons. The number of carbonyl (C=O) groups excluding carboxylic acids is 4. The summed E-state index contributed by atoms with van der Waals surface area (Å²) < 4.78 is 5.50. The molecule has 0 fully saturated rings. The lowest BCUT2D eigenvalue weighted by atomic mass is 9.95. The Balaban J connectivity index is 3.06. The molecule has 2 unspecified atom stereocenters. The van der Waals surface area contributed by atoms with Gasteiger partial charge in [0.25, 0.3) is 5.91 Å². The Bertz CT molecular complexity index is 977. The molecule has 35 heavy (non-hydrogen) atoms. The van der Waals surface area contributed by atoms with E-state index in [1.54, 1.807) is 18.4 Å². The minimum Gasteiger partial charge on any atom is -0.455 e. The van der Waals surface area contributed by atoms with Crippen LogP contribution in [0.5, 0.6) is 0 Å². The van der Waals surface area contributed by atoms with Crippen LogP contribution in [-0.4, -0.2) is 46.0 Å². The van der Waals surface area contributed by atoms with Gasteiger partial charge in [-0.3, -0.25) is 19.2 Å². The van der Waals surface area contributed by atoms with Crippen molar-refractivity contribution in [2.24, 2.45) is 11.8 Å².